The fourth-order valence-electron chi connectivity index (χ4n) is 3.95. The maximum absolute atomic E-state index is 13.1. The Labute approximate surface area is 175 Å². The normalized spacial score (nSPS) is 14.1. The summed E-state index contributed by atoms with van der Waals surface area (Å²) < 4.78 is 21.8. The molecule has 0 bridgehead atoms. The van der Waals surface area contributed by atoms with Gasteiger partial charge in [0.15, 0.2) is 5.76 Å². The fourth-order valence-corrected chi connectivity index (χ4v) is 3.95. The summed E-state index contributed by atoms with van der Waals surface area (Å²) in [6.45, 7) is 0.763. The minimum atomic E-state index is 0.0739. The van der Waals surface area contributed by atoms with E-state index < -0.39 is 0 Å². The van der Waals surface area contributed by atoms with Crippen LogP contribution in [0, 0.1) is 5.92 Å². The molecule has 0 unspecified atom stereocenters. The van der Waals surface area contributed by atoms with Crippen molar-refractivity contribution in [1.82, 2.24) is 10.1 Å². The van der Waals surface area contributed by atoms with Crippen LogP contribution in [-0.4, -0.2) is 30.2 Å². The number of aromatic nitrogens is 1. The monoisotopic (exact) mass is 410 g/mol. The van der Waals surface area contributed by atoms with Gasteiger partial charge in [0.05, 0.1) is 39.1 Å². The van der Waals surface area contributed by atoms with Gasteiger partial charge in [-0.2, -0.15) is 0 Å². The van der Waals surface area contributed by atoms with Gasteiger partial charge in [-0.3, -0.25) is 4.79 Å². The predicted octanol–water partition coefficient (Wildman–Crippen LogP) is 4.67. The summed E-state index contributed by atoms with van der Waals surface area (Å²) in [6, 6.07) is 11.0. The lowest BCUT2D eigenvalue weighted by atomic mass is 10.1. The van der Waals surface area contributed by atoms with Crippen LogP contribution in [0.4, 0.5) is 0 Å². The van der Waals surface area contributed by atoms with Crippen LogP contribution < -0.4 is 9.47 Å². The van der Waals surface area contributed by atoms with E-state index in [0.29, 0.717) is 36.0 Å². The Morgan fingerprint density at radius 3 is 2.67 bits per heavy atom. The number of ether oxygens (including phenoxy) is 2. The summed E-state index contributed by atoms with van der Waals surface area (Å²) in [4.78, 5) is 14.9. The lowest BCUT2D eigenvalue weighted by Gasteiger charge is -2.23. The first kappa shape index (κ1) is 20.1. The second-order valence-corrected chi connectivity index (χ2v) is 7.50. The van der Waals surface area contributed by atoms with Crippen molar-refractivity contribution in [3.8, 4) is 22.8 Å². The van der Waals surface area contributed by atoms with Crippen molar-refractivity contribution in [2.75, 3.05) is 14.2 Å². The van der Waals surface area contributed by atoms with Gasteiger partial charge in [-0.25, -0.2) is 0 Å². The van der Waals surface area contributed by atoms with Gasteiger partial charge < -0.3 is 23.3 Å². The molecule has 0 spiro atoms. The lowest BCUT2D eigenvalue weighted by Crippen LogP contribution is -2.34. The Bertz CT molecular complexity index is 973. The third kappa shape index (κ3) is 4.35. The summed E-state index contributed by atoms with van der Waals surface area (Å²) in [5.41, 5.74) is 1.42. The quantitative estimate of drug-likeness (QED) is 0.537. The second-order valence-electron chi connectivity index (χ2n) is 7.50. The number of nitrogens with zero attached hydrogens (tertiary/aromatic N) is 2. The van der Waals surface area contributed by atoms with E-state index in [1.807, 2.05) is 36.4 Å². The van der Waals surface area contributed by atoms with Crippen LogP contribution in [-0.2, 0) is 17.9 Å². The Morgan fingerprint density at radius 2 is 1.97 bits per heavy atom. The summed E-state index contributed by atoms with van der Waals surface area (Å²) in [6.07, 6.45) is 5.72. The maximum Gasteiger partial charge on any atom is 0.226 e. The molecule has 1 saturated carbocycles. The zero-order valence-electron chi connectivity index (χ0n) is 17.3. The Kier molecular flexibility index (Phi) is 6.07. The molecule has 1 aliphatic rings. The van der Waals surface area contributed by atoms with Crippen molar-refractivity contribution in [2.45, 2.75) is 38.8 Å². The number of methoxy groups -OCH3 is 2. The number of hydrogen-bond acceptors (Lipinski definition) is 6. The van der Waals surface area contributed by atoms with Gasteiger partial charge in [0.2, 0.25) is 5.91 Å². The van der Waals surface area contributed by atoms with Crippen LogP contribution in [0.3, 0.4) is 0 Å². The minimum absolute atomic E-state index is 0.0739. The minimum Gasteiger partial charge on any atom is -0.497 e. The highest BCUT2D eigenvalue weighted by Gasteiger charge is 2.28. The molecule has 1 aromatic carbocycles. The first-order valence-electron chi connectivity index (χ1n) is 10.2. The number of hydrogen-bond donors (Lipinski definition) is 0. The van der Waals surface area contributed by atoms with Gasteiger partial charge in [-0.05, 0) is 43.2 Å². The molecular formula is C23H26N2O5. The van der Waals surface area contributed by atoms with Gasteiger partial charge in [-0.1, -0.05) is 18.0 Å². The number of carbonyl (C=O) groups is 1. The number of furan rings is 1. The van der Waals surface area contributed by atoms with E-state index >= 15 is 0 Å². The molecule has 1 amide bonds. The van der Waals surface area contributed by atoms with Crippen LogP contribution in [0.25, 0.3) is 11.3 Å². The number of carbonyl (C=O) groups excluding carboxylic acids is 1. The molecule has 30 heavy (non-hydrogen) atoms. The van der Waals surface area contributed by atoms with E-state index in [1.54, 1.807) is 25.4 Å². The average molecular weight is 410 g/mol. The topological polar surface area (TPSA) is 77.9 Å². The van der Waals surface area contributed by atoms with E-state index in [2.05, 4.69) is 5.16 Å². The predicted molar refractivity (Wildman–Crippen MR) is 110 cm³/mol. The van der Waals surface area contributed by atoms with Gasteiger partial charge in [-0.15, -0.1) is 0 Å². The molecule has 0 atom stereocenters. The summed E-state index contributed by atoms with van der Waals surface area (Å²) >= 11 is 0. The van der Waals surface area contributed by atoms with Crippen LogP contribution in [0.5, 0.6) is 11.5 Å². The summed E-state index contributed by atoms with van der Waals surface area (Å²) in [7, 11) is 3.21. The summed E-state index contributed by atoms with van der Waals surface area (Å²) in [5, 5.41) is 4.21. The third-order valence-corrected chi connectivity index (χ3v) is 5.53. The van der Waals surface area contributed by atoms with Gasteiger partial charge >= 0.3 is 0 Å². The first-order valence-corrected chi connectivity index (χ1v) is 10.2. The second kappa shape index (κ2) is 9.07. The van der Waals surface area contributed by atoms with Gasteiger partial charge in [0, 0.05) is 12.0 Å². The Balaban J connectivity index is 1.57. The zero-order chi connectivity index (χ0) is 20.9. The van der Waals surface area contributed by atoms with Crippen molar-refractivity contribution < 1.29 is 23.2 Å². The molecule has 1 aliphatic carbocycles. The van der Waals surface area contributed by atoms with Crippen molar-refractivity contribution >= 4 is 5.91 Å². The summed E-state index contributed by atoms with van der Waals surface area (Å²) in [5.74, 6) is 2.89. The molecular weight excluding hydrogens is 384 g/mol. The Hall–Kier alpha value is -3.22. The van der Waals surface area contributed by atoms with Crippen LogP contribution in [0.1, 0.15) is 37.1 Å². The maximum atomic E-state index is 13.1. The van der Waals surface area contributed by atoms with E-state index in [4.69, 9.17) is 18.4 Å². The molecule has 7 nitrogen and oxygen atoms in total. The smallest absolute Gasteiger partial charge is 0.226 e. The van der Waals surface area contributed by atoms with Crippen LogP contribution in [0.15, 0.2) is 51.6 Å². The fraction of sp³-hybridized carbons (Fsp3) is 0.391. The molecule has 7 heteroatoms. The Morgan fingerprint density at radius 1 is 1.13 bits per heavy atom. The number of rotatable bonds is 8. The van der Waals surface area contributed by atoms with Crippen molar-refractivity contribution in [2.24, 2.45) is 5.92 Å². The standard InChI is InChI=1S/C23H26N2O5/c1-27-18-9-10-21(28-2)20(13-18)22-12-17(24-30-22)14-25(15-19-8-5-11-29-19)23(26)16-6-3-4-7-16/h5,8-13,16H,3-4,6-7,14-15H2,1-2H3. The van der Waals surface area contributed by atoms with Crippen molar-refractivity contribution in [3.05, 3.63) is 54.1 Å². The first-order chi connectivity index (χ1) is 14.7. The highest BCUT2D eigenvalue weighted by molar-refractivity contribution is 5.79. The molecule has 2 aromatic heterocycles. The molecule has 3 aromatic rings. The van der Waals surface area contributed by atoms with E-state index in [0.717, 1.165) is 37.0 Å². The van der Waals surface area contributed by atoms with Crippen molar-refractivity contribution in [1.29, 1.82) is 0 Å². The number of benzene rings is 1. The molecule has 158 valence electrons. The van der Waals surface area contributed by atoms with E-state index in [9.17, 15) is 4.79 Å². The zero-order valence-corrected chi connectivity index (χ0v) is 17.3. The molecule has 2 heterocycles. The van der Waals surface area contributed by atoms with Crippen LogP contribution in [0.2, 0.25) is 0 Å². The average Bonchev–Trinajstić information content (AvgIpc) is 3.55. The number of amides is 1. The lowest BCUT2D eigenvalue weighted by molar-refractivity contribution is -0.137. The molecule has 0 saturated heterocycles. The van der Waals surface area contributed by atoms with Crippen LogP contribution >= 0.6 is 0 Å². The highest BCUT2D eigenvalue weighted by atomic mass is 16.5. The molecule has 0 aliphatic heterocycles. The third-order valence-electron chi connectivity index (χ3n) is 5.53. The van der Waals surface area contributed by atoms with Gasteiger partial charge in [0.25, 0.3) is 0 Å². The van der Waals surface area contributed by atoms with Gasteiger partial charge in [0.1, 0.15) is 23.0 Å². The molecule has 4 rings (SSSR count). The SMILES string of the molecule is COc1ccc(OC)c(-c2cc(CN(Cc3ccco3)C(=O)C3CCCC3)no2)c1. The molecule has 0 radical (unpaired) electrons. The van der Waals surface area contributed by atoms with E-state index in [-0.39, 0.29) is 11.8 Å². The molecule has 1 fully saturated rings. The molecule has 0 N–H and O–H groups in total. The van der Waals surface area contributed by atoms with E-state index in [1.165, 1.54) is 0 Å². The largest absolute Gasteiger partial charge is 0.497 e. The highest BCUT2D eigenvalue weighted by Crippen LogP contribution is 2.34. The van der Waals surface area contributed by atoms with Crippen molar-refractivity contribution in [3.63, 3.8) is 0 Å².